The van der Waals surface area contributed by atoms with Gasteiger partial charge in [-0.2, -0.15) is 13.8 Å². The SMILES string of the molecule is FC1=C(Cl)C(F)(Cl)N(Br)C(Br)=N1. The summed E-state index contributed by atoms with van der Waals surface area (Å²) in [6, 6.07) is 0. The Morgan fingerprint density at radius 2 is 2.08 bits per heavy atom. The van der Waals surface area contributed by atoms with Crippen LogP contribution in [-0.2, 0) is 0 Å². The van der Waals surface area contributed by atoms with Crippen molar-refractivity contribution in [1.82, 2.24) is 3.93 Å². The lowest BCUT2D eigenvalue weighted by Gasteiger charge is -2.28. The summed E-state index contributed by atoms with van der Waals surface area (Å²) in [4.78, 5) is 3.21. The Morgan fingerprint density at radius 1 is 1.58 bits per heavy atom. The molecule has 68 valence electrons. The van der Waals surface area contributed by atoms with Gasteiger partial charge in [0.1, 0.15) is 5.03 Å². The highest BCUT2D eigenvalue weighted by molar-refractivity contribution is 9.19. The van der Waals surface area contributed by atoms with Gasteiger partial charge in [-0.25, -0.2) is 3.93 Å². The Bertz CT molecular complexity index is 278. The lowest BCUT2D eigenvalue weighted by Crippen LogP contribution is -2.38. The molecule has 1 aliphatic rings. The molecule has 1 aliphatic heterocycles. The fraction of sp³-hybridized carbons (Fsp3) is 0.250. The van der Waals surface area contributed by atoms with Crippen molar-refractivity contribution in [3.63, 3.8) is 0 Å². The van der Waals surface area contributed by atoms with Gasteiger partial charge < -0.3 is 0 Å². The molecule has 12 heavy (non-hydrogen) atoms. The first kappa shape index (κ1) is 10.7. The van der Waals surface area contributed by atoms with Crippen molar-refractivity contribution in [2.24, 2.45) is 4.99 Å². The second-order valence-electron chi connectivity index (χ2n) is 1.81. The normalized spacial score (nSPS) is 30.8. The zero-order chi connectivity index (χ0) is 9.52. The van der Waals surface area contributed by atoms with Crippen molar-refractivity contribution in [2.75, 3.05) is 0 Å². The zero-order valence-corrected chi connectivity index (χ0v) is 9.85. The molecule has 1 heterocycles. The van der Waals surface area contributed by atoms with Gasteiger partial charge >= 0.3 is 5.25 Å². The summed E-state index contributed by atoms with van der Waals surface area (Å²) in [5.74, 6) is -1.16. The van der Waals surface area contributed by atoms with E-state index in [9.17, 15) is 8.78 Å². The minimum Gasteiger partial charge on any atom is -0.234 e. The van der Waals surface area contributed by atoms with E-state index in [1.807, 2.05) is 0 Å². The topological polar surface area (TPSA) is 15.6 Å². The predicted molar refractivity (Wildman–Crippen MR) is 50.8 cm³/mol. The summed E-state index contributed by atoms with van der Waals surface area (Å²) in [6.07, 6.45) is 0. The summed E-state index contributed by atoms with van der Waals surface area (Å²) in [5.41, 5.74) is 0. The van der Waals surface area contributed by atoms with Gasteiger partial charge in [-0.15, -0.1) is 0 Å². The number of nitrogens with zero attached hydrogens (tertiary/aromatic N) is 2. The Hall–Kier alpha value is 0.610. The number of alkyl halides is 2. The van der Waals surface area contributed by atoms with Crippen LogP contribution in [0.2, 0.25) is 0 Å². The highest BCUT2D eigenvalue weighted by atomic mass is 79.9. The largest absolute Gasteiger partial charge is 0.310 e. The van der Waals surface area contributed by atoms with E-state index in [2.05, 4.69) is 37.1 Å². The lowest BCUT2D eigenvalue weighted by atomic mass is 10.5. The quantitative estimate of drug-likeness (QED) is 0.372. The van der Waals surface area contributed by atoms with E-state index < -0.39 is 16.2 Å². The Morgan fingerprint density at radius 3 is 2.58 bits per heavy atom. The number of hydrogen-bond donors (Lipinski definition) is 0. The van der Waals surface area contributed by atoms with E-state index in [0.29, 0.717) is 3.93 Å². The minimum absolute atomic E-state index is 0.137. The molecule has 0 radical (unpaired) electrons. The Kier molecular flexibility index (Phi) is 3.03. The number of halogens is 6. The first-order valence-corrected chi connectivity index (χ1v) is 4.77. The minimum atomic E-state index is -2.65. The summed E-state index contributed by atoms with van der Waals surface area (Å²) >= 11 is 15.9. The second kappa shape index (κ2) is 3.40. The van der Waals surface area contributed by atoms with Gasteiger partial charge in [-0.1, -0.05) is 23.2 Å². The van der Waals surface area contributed by atoms with E-state index in [4.69, 9.17) is 23.2 Å². The van der Waals surface area contributed by atoms with E-state index in [0.717, 1.165) is 0 Å². The molecule has 0 saturated carbocycles. The van der Waals surface area contributed by atoms with Crippen LogP contribution >= 0.6 is 55.3 Å². The highest BCUT2D eigenvalue weighted by Gasteiger charge is 2.44. The Balaban J connectivity index is 3.18. The van der Waals surface area contributed by atoms with Crippen LogP contribution in [0.1, 0.15) is 0 Å². The van der Waals surface area contributed by atoms with Gasteiger partial charge in [0.2, 0.25) is 5.95 Å². The van der Waals surface area contributed by atoms with Gasteiger partial charge in [-0.3, -0.25) is 0 Å². The van der Waals surface area contributed by atoms with Crippen LogP contribution in [0.15, 0.2) is 16.0 Å². The first-order chi connectivity index (χ1) is 5.37. The van der Waals surface area contributed by atoms with Gasteiger partial charge in [0.15, 0.2) is 4.74 Å². The molecule has 0 saturated heterocycles. The van der Waals surface area contributed by atoms with Crippen molar-refractivity contribution < 1.29 is 8.78 Å². The number of hydrogen-bond acceptors (Lipinski definition) is 2. The maximum Gasteiger partial charge on any atom is 0.310 e. The van der Waals surface area contributed by atoms with E-state index in [1.165, 1.54) is 0 Å². The molecule has 1 unspecified atom stereocenters. The molecule has 0 spiro atoms. The summed E-state index contributed by atoms with van der Waals surface area (Å²) < 4.78 is 26.5. The van der Waals surface area contributed by atoms with Crippen molar-refractivity contribution in [3.05, 3.63) is 11.0 Å². The lowest BCUT2D eigenvalue weighted by molar-refractivity contribution is 0.237. The molecular weight excluding hydrogens is 345 g/mol. The maximum absolute atomic E-state index is 13.3. The fourth-order valence-corrected chi connectivity index (χ4v) is 1.65. The molecule has 1 rings (SSSR count). The monoisotopic (exact) mass is 342 g/mol. The van der Waals surface area contributed by atoms with Crippen molar-refractivity contribution in [3.8, 4) is 0 Å². The standard InChI is InChI=1S/C4Br2Cl2F2N2/c5-3-11-2(9)1(7)4(8,10)12(3)6. The Labute approximate surface area is 93.7 Å². The first-order valence-electron chi connectivity index (χ1n) is 2.51. The van der Waals surface area contributed by atoms with Crippen molar-refractivity contribution in [2.45, 2.75) is 5.25 Å². The number of aliphatic imine (C=N–C) groups is 1. The smallest absolute Gasteiger partial charge is 0.234 e. The van der Waals surface area contributed by atoms with E-state index >= 15 is 0 Å². The number of rotatable bonds is 0. The molecule has 0 aliphatic carbocycles. The molecule has 0 fully saturated rings. The van der Waals surface area contributed by atoms with Gasteiger partial charge in [0.25, 0.3) is 0 Å². The van der Waals surface area contributed by atoms with Crippen LogP contribution in [-0.4, -0.2) is 13.9 Å². The second-order valence-corrected chi connectivity index (χ2v) is 4.11. The van der Waals surface area contributed by atoms with Crippen LogP contribution in [0, 0.1) is 0 Å². The molecule has 0 N–H and O–H groups in total. The van der Waals surface area contributed by atoms with Gasteiger partial charge in [0, 0.05) is 0 Å². The van der Waals surface area contributed by atoms with Gasteiger partial charge in [-0.05, 0) is 15.9 Å². The molecule has 8 heteroatoms. The van der Waals surface area contributed by atoms with Crippen LogP contribution < -0.4 is 0 Å². The van der Waals surface area contributed by atoms with Crippen LogP contribution in [0.25, 0.3) is 0 Å². The molecule has 0 aromatic carbocycles. The van der Waals surface area contributed by atoms with Crippen LogP contribution in [0.4, 0.5) is 8.78 Å². The third kappa shape index (κ3) is 1.62. The molecule has 1 atom stereocenters. The summed E-state index contributed by atoms with van der Waals surface area (Å²) in [7, 11) is 0. The average Bonchev–Trinajstić information content (AvgIpc) is 1.99. The third-order valence-electron chi connectivity index (χ3n) is 1.04. The van der Waals surface area contributed by atoms with Crippen LogP contribution in [0.5, 0.6) is 0 Å². The third-order valence-corrected chi connectivity index (χ3v) is 3.94. The molecule has 0 aromatic heterocycles. The summed E-state index contributed by atoms with van der Waals surface area (Å²) in [6.45, 7) is 0. The molecule has 0 aromatic rings. The molecule has 0 bridgehead atoms. The van der Waals surface area contributed by atoms with Crippen LogP contribution in [0.3, 0.4) is 0 Å². The molecular formula is C4Br2Cl2F2N2. The van der Waals surface area contributed by atoms with E-state index in [-0.39, 0.29) is 4.74 Å². The number of amidine groups is 1. The average molecular weight is 345 g/mol. The maximum atomic E-state index is 13.3. The zero-order valence-electron chi connectivity index (χ0n) is 5.16. The molecule has 2 nitrogen and oxygen atoms in total. The van der Waals surface area contributed by atoms with Crippen molar-refractivity contribution >= 4 is 60.0 Å². The van der Waals surface area contributed by atoms with E-state index in [1.54, 1.807) is 0 Å². The predicted octanol–water partition coefficient (Wildman–Crippen LogP) is 3.60. The highest BCUT2D eigenvalue weighted by Crippen LogP contribution is 2.42. The molecule has 0 amide bonds. The fourth-order valence-electron chi connectivity index (χ4n) is 0.500. The van der Waals surface area contributed by atoms with Gasteiger partial charge in [0.05, 0.1) is 16.1 Å². The van der Waals surface area contributed by atoms with Crippen molar-refractivity contribution in [1.29, 1.82) is 0 Å². The summed E-state index contributed by atoms with van der Waals surface area (Å²) in [5, 5.41) is -3.46.